The lowest BCUT2D eigenvalue weighted by Gasteiger charge is -2.31. The first-order valence-corrected chi connectivity index (χ1v) is 10.3. The second kappa shape index (κ2) is 7.51. The Morgan fingerprint density at radius 3 is 2.48 bits per heavy atom. The molecule has 9 heteroatoms. The van der Waals surface area contributed by atoms with Crippen molar-refractivity contribution in [1.82, 2.24) is 9.71 Å². The zero-order valence-corrected chi connectivity index (χ0v) is 15.4. The Morgan fingerprint density at radius 2 is 1.92 bits per heavy atom. The van der Waals surface area contributed by atoms with E-state index in [-0.39, 0.29) is 16.8 Å². The van der Waals surface area contributed by atoms with Crippen molar-refractivity contribution in [1.29, 1.82) is 0 Å². The Kier molecular flexibility index (Phi) is 5.36. The number of thiazole rings is 1. The van der Waals surface area contributed by atoms with Gasteiger partial charge in [-0.15, -0.1) is 11.3 Å². The van der Waals surface area contributed by atoms with Gasteiger partial charge in [-0.3, -0.25) is 4.79 Å². The number of carbonyl (C=O) groups is 1. The van der Waals surface area contributed by atoms with Crippen molar-refractivity contribution in [2.24, 2.45) is 0 Å². The Balaban J connectivity index is 1.59. The molecule has 0 atom stereocenters. The number of hydrogen-bond acceptors (Lipinski definition) is 6. The second-order valence-corrected chi connectivity index (χ2v) is 8.49. The molecule has 0 aliphatic carbocycles. The van der Waals surface area contributed by atoms with Crippen molar-refractivity contribution < 1.29 is 13.2 Å². The van der Waals surface area contributed by atoms with Crippen LogP contribution >= 0.6 is 11.3 Å². The summed E-state index contributed by atoms with van der Waals surface area (Å²) < 4.78 is 27.8. The minimum atomic E-state index is -3.57. The molecule has 0 radical (unpaired) electrons. The van der Waals surface area contributed by atoms with Crippen LogP contribution in [0.4, 0.5) is 10.8 Å². The molecule has 1 aliphatic heterocycles. The summed E-state index contributed by atoms with van der Waals surface area (Å²) in [6.45, 7) is 2.97. The van der Waals surface area contributed by atoms with Crippen LogP contribution in [0.2, 0.25) is 0 Å². The highest BCUT2D eigenvalue weighted by Gasteiger charge is 2.25. The number of rotatable bonds is 5. The van der Waals surface area contributed by atoms with Crippen LogP contribution in [-0.2, 0) is 14.8 Å². The summed E-state index contributed by atoms with van der Waals surface area (Å²) in [5.41, 5.74) is 0.572. The maximum Gasteiger partial charge on any atom is 0.240 e. The third-order valence-electron chi connectivity index (χ3n) is 3.99. The van der Waals surface area contributed by atoms with Gasteiger partial charge in [-0.2, -0.15) is 0 Å². The average Bonchev–Trinajstić information content (AvgIpc) is 3.09. The number of nitrogens with one attached hydrogen (secondary N) is 2. The lowest BCUT2D eigenvalue weighted by molar-refractivity contribution is -0.114. The fourth-order valence-corrected chi connectivity index (χ4v) is 4.77. The maximum atomic E-state index is 12.5. The lowest BCUT2D eigenvalue weighted by atomic mass is 10.1. The summed E-state index contributed by atoms with van der Waals surface area (Å²) in [7, 11) is -3.57. The number of amides is 1. The molecule has 1 aliphatic rings. The van der Waals surface area contributed by atoms with Crippen LogP contribution in [-0.4, -0.2) is 38.4 Å². The van der Waals surface area contributed by atoms with Crippen LogP contribution < -0.4 is 14.9 Å². The van der Waals surface area contributed by atoms with Crippen molar-refractivity contribution in [3.05, 3.63) is 35.8 Å². The van der Waals surface area contributed by atoms with Gasteiger partial charge in [0.2, 0.25) is 15.9 Å². The number of piperidine rings is 1. The number of aromatic nitrogens is 1. The van der Waals surface area contributed by atoms with E-state index in [0.717, 1.165) is 31.1 Å². The largest absolute Gasteiger partial charge is 0.348 e. The maximum absolute atomic E-state index is 12.5. The number of nitrogens with zero attached hydrogens (tertiary/aromatic N) is 2. The Bertz CT molecular complexity index is 812. The van der Waals surface area contributed by atoms with Crippen LogP contribution in [0.25, 0.3) is 0 Å². The average molecular weight is 380 g/mol. The van der Waals surface area contributed by atoms with Crippen molar-refractivity contribution in [2.45, 2.75) is 30.7 Å². The van der Waals surface area contributed by atoms with Crippen LogP contribution in [0.3, 0.4) is 0 Å². The van der Waals surface area contributed by atoms with Crippen molar-refractivity contribution >= 4 is 38.1 Å². The van der Waals surface area contributed by atoms with Crippen molar-refractivity contribution in [3.8, 4) is 0 Å². The molecule has 2 heterocycles. The van der Waals surface area contributed by atoms with Gasteiger partial charge in [0.05, 0.1) is 4.90 Å². The summed E-state index contributed by atoms with van der Waals surface area (Å²) in [6.07, 6.45) is 3.25. The summed E-state index contributed by atoms with van der Waals surface area (Å²) >= 11 is 1.59. The van der Waals surface area contributed by atoms with Gasteiger partial charge in [-0.25, -0.2) is 18.1 Å². The molecule has 0 unspecified atom stereocenters. The van der Waals surface area contributed by atoms with Gasteiger partial charge in [0, 0.05) is 43.3 Å². The molecule has 1 aromatic heterocycles. The standard InChI is InChI=1S/C16H20N4O3S2/c1-12(21)18-13-2-4-15(5-3-13)25(22,23)19-14-6-9-20(10-7-14)16-17-8-11-24-16/h2-5,8,11,14,19H,6-7,9-10H2,1H3,(H,18,21). The fraction of sp³-hybridized carbons (Fsp3) is 0.375. The Morgan fingerprint density at radius 1 is 1.24 bits per heavy atom. The molecule has 1 fully saturated rings. The lowest BCUT2D eigenvalue weighted by Crippen LogP contribution is -2.44. The predicted molar refractivity (Wildman–Crippen MR) is 98.4 cm³/mol. The van der Waals surface area contributed by atoms with Gasteiger partial charge in [-0.05, 0) is 37.1 Å². The number of sulfonamides is 1. The molecule has 0 bridgehead atoms. The Labute approximate surface area is 151 Å². The topological polar surface area (TPSA) is 91.4 Å². The van der Waals surface area contributed by atoms with Crippen LogP contribution in [0.1, 0.15) is 19.8 Å². The zero-order valence-electron chi connectivity index (χ0n) is 13.8. The van der Waals surface area contributed by atoms with E-state index in [4.69, 9.17) is 0 Å². The van der Waals surface area contributed by atoms with E-state index < -0.39 is 10.0 Å². The van der Waals surface area contributed by atoms with Crippen LogP contribution in [0, 0.1) is 0 Å². The van der Waals surface area contributed by atoms with Gasteiger partial charge >= 0.3 is 0 Å². The van der Waals surface area contributed by atoms with Crippen LogP contribution in [0.5, 0.6) is 0 Å². The van der Waals surface area contributed by atoms with Crippen molar-refractivity contribution in [2.75, 3.05) is 23.3 Å². The molecule has 1 saturated heterocycles. The minimum Gasteiger partial charge on any atom is -0.348 e. The zero-order chi connectivity index (χ0) is 17.9. The van der Waals surface area contributed by atoms with E-state index in [9.17, 15) is 13.2 Å². The van der Waals surface area contributed by atoms with Gasteiger partial charge in [0.1, 0.15) is 0 Å². The molecule has 0 saturated carbocycles. The third-order valence-corrected chi connectivity index (χ3v) is 6.36. The van der Waals surface area contributed by atoms with Crippen molar-refractivity contribution in [3.63, 3.8) is 0 Å². The van der Waals surface area contributed by atoms with E-state index in [2.05, 4.69) is 19.9 Å². The summed E-state index contributed by atoms with van der Waals surface area (Å²) in [4.78, 5) is 17.7. The van der Waals surface area contributed by atoms with Crippen LogP contribution in [0.15, 0.2) is 40.7 Å². The minimum absolute atomic E-state index is 0.0868. The molecule has 134 valence electrons. The molecule has 2 N–H and O–H groups in total. The molecule has 3 rings (SSSR count). The number of benzene rings is 1. The summed E-state index contributed by atoms with van der Waals surface area (Å²) in [5.74, 6) is -0.194. The fourth-order valence-electron chi connectivity index (χ4n) is 2.77. The molecular formula is C16H20N4O3S2. The quantitative estimate of drug-likeness (QED) is 0.828. The van der Waals surface area contributed by atoms with E-state index in [1.807, 2.05) is 5.38 Å². The van der Waals surface area contributed by atoms with Gasteiger partial charge in [0.25, 0.3) is 0 Å². The second-order valence-electron chi connectivity index (χ2n) is 5.90. The Hall–Kier alpha value is -1.97. The van der Waals surface area contributed by atoms with E-state index >= 15 is 0 Å². The molecule has 7 nitrogen and oxygen atoms in total. The molecule has 25 heavy (non-hydrogen) atoms. The SMILES string of the molecule is CC(=O)Nc1ccc(S(=O)(=O)NC2CCN(c3nccs3)CC2)cc1. The third kappa shape index (κ3) is 4.56. The number of anilines is 2. The summed E-state index contributed by atoms with van der Waals surface area (Å²) in [5, 5.41) is 5.54. The van der Waals surface area contributed by atoms with Gasteiger partial charge < -0.3 is 10.2 Å². The van der Waals surface area contributed by atoms with E-state index in [1.54, 1.807) is 29.7 Å². The first-order chi connectivity index (χ1) is 11.9. The highest BCUT2D eigenvalue weighted by Crippen LogP contribution is 2.23. The molecule has 1 aromatic carbocycles. The smallest absolute Gasteiger partial charge is 0.240 e. The molecular weight excluding hydrogens is 360 g/mol. The highest BCUT2D eigenvalue weighted by atomic mass is 32.2. The number of hydrogen-bond donors (Lipinski definition) is 2. The first-order valence-electron chi connectivity index (χ1n) is 7.98. The molecule has 2 aromatic rings. The van der Waals surface area contributed by atoms with Gasteiger partial charge in [-0.1, -0.05) is 0 Å². The van der Waals surface area contributed by atoms with E-state index in [0.29, 0.717) is 5.69 Å². The molecule has 0 spiro atoms. The monoisotopic (exact) mass is 380 g/mol. The molecule has 1 amide bonds. The first kappa shape index (κ1) is 17.8. The predicted octanol–water partition coefficient (Wildman–Crippen LogP) is 2.05. The normalized spacial score (nSPS) is 16.0. The van der Waals surface area contributed by atoms with Gasteiger partial charge in [0.15, 0.2) is 5.13 Å². The summed E-state index contributed by atoms with van der Waals surface area (Å²) in [6, 6.07) is 6.08. The highest BCUT2D eigenvalue weighted by molar-refractivity contribution is 7.89. The number of carbonyl (C=O) groups excluding carboxylic acids is 1. The van der Waals surface area contributed by atoms with E-state index in [1.165, 1.54) is 19.1 Å².